The van der Waals surface area contributed by atoms with E-state index in [1.807, 2.05) is 0 Å². The molecular weight excluding hydrogens is 300 g/mol. The molecule has 0 spiro atoms. The summed E-state index contributed by atoms with van der Waals surface area (Å²) in [4.78, 5) is 2.60. The first-order valence-corrected chi connectivity index (χ1v) is 8.06. The van der Waals surface area contributed by atoms with E-state index in [0.29, 0.717) is 6.04 Å². The smallest absolute Gasteiger partial charge is 0.0413 e. The van der Waals surface area contributed by atoms with Crippen LogP contribution in [0.2, 0.25) is 0 Å². The predicted octanol–water partition coefficient (Wildman–Crippen LogP) is 3.98. The first-order valence-electron chi connectivity index (χ1n) is 7.27. The minimum Gasteiger partial charge on any atom is -0.365 e. The standard InChI is InChI=1S/C16H25BrN2/c1-5-12-9-13(17)7-8-15(12)19-11-16(3,4)18-10-14(19)6-2/h7-9,14,18H,5-6,10-11H2,1-4H3. The second kappa shape index (κ2) is 5.84. The largest absolute Gasteiger partial charge is 0.365 e. The molecule has 1 fully saturated rings. The molecule has 1 aromatic carbocycles. The Morgan fingerprint density at radius 3 is 2.74 bits per heavy atom. The number of anilines is 1. The van der Waals surface area contributed by atoms with Crippen LogP contribution in [0.5, 0.6) is 0 Å². The summed E-state index contributed by atoms with van der Waals surface area (Å²) in [6.07, 6.45) is 2.26. The summed E-state index contributed by atoms with van der Waals surface area (Å²) < 4.78 is 1.18. The molecule has 1 aliphatic rings. The van der Waals surface area contributed by atoms with Crippen LogP contribution in [0, 0.1) is 0 Å². The Morgan fingerprint density at radius 2 is 2.11 bits per heavy atom. The van der Waals surface area contributed by atoms with Crippen LogP contribution in [0.3, 0.4) is 0 Å². The van der Waals surface area contributed by atoms with Crippen LogP contribution in [0.4, 0.5) is 5.69 Å². The second-order valence-corrected chi connectivity index (χ2v) is 7.00. The molecule has 1 aromatic rings. The molecule has 3 heteroatoms. The van der Waals surface area contributed by atoms with Gasteiger partial charge in [0.25, 0.3) is 0 Å². The third-order valence-corrected chi connectivity index (χ3v) is 4.52. The summed E-state index contributed by atoms with van der Waals surface area (Å²) >= 11 is 3.58. The minimum atomic E-state index is 0.184. The average molecular weight is 325 g/mol. The van der Waals surface area contributed by atoms with Crippen LogP contribution in [-0.2, 0) is 6.42 Å². The van der Waals surface area contributed by atoms with Gasteiger partial charge in [-0.15, -0.1) is 0 Å². The minimum absolute atomic E-state index is 0.184. The first kappa shape index (κ1) is 14.9. The van der Waals surface area contributed by atoms with Crippen molar-refractivity contribution in [2.75, 3.05) is 18.0 Å². The lowest BCUT2D eigenvalue weighted by Gasteiger charge is -2.46. The third-order valence-electron chi connectivity index (χ3n) is 4.03. The van der Waals surface area contributed by atoms with Crippen molar-refractivity contribution in [1.29, 1.82) is 0 Å². The van der Waals surface area contributed by atoms with E-state index < -0.39 is 0 Å². The van der Waals surface area contributed by atoms with E-state index in [9.17, 15) is 0 Å². The Balaban J connectivity index is 2.36. The molecule has 0 radical (unpaired) electrons. The van der Waals surface area contributed by atoms with Gasteiger partial charge in [-0.2, -0.15) is 0 Å². The van der Waals surface area contributed by atoms with Gasteiger partial charge in [-0.05, 0) is 50.5 Å². The molecule has 0 amide bonds. The Kier molecular flexibility index (Phi) is 4.57. The highest BCUT2D eigenvalue weighted by Gasteiger charge is 2.32. The van der Waals surface area contributed by atoms with Crippen molar-refractivity contribution in [1.82, 2.24) is 5.32 Å². The number of hydrogen-bond donors (Lipinski definition) is 1. The van der Waals surface area contributed by atoms with Crippen LogP contribution in [0.1, 0.15) is 39.7 Å². The van der Waals surface area contributed by atoms with Crippen LogP contribution < -0.4 is 10.2 Å². The maximum atomic E-state index is 3.66. The molecule has 1 unspecified atom stereocenters. The summed E-state index contributed by atoms with van der Waals surface area (Å²) in [6, 6.07) is 7.29. The molecule has 1 heterocycles. The van der Waals surface area contributed by atoms with Gasteiger partial charge in [0.15, 0.2) is 0 Å². The molecule has 1 saturated heterocycles. The topological polar surface area (TPSA) is 15.3 Å². The number of nitrogens with one attached hydrogen (secondary N) is 1. The van der Waals surface area contributed by atoms with Gasteiger partial charge in [0.1, 0.15) is 0 Å². The first-order chi connectivity index (χ1) is 8.96. The van der Waals surface area contributed by atoms with E-state index in [1.54, 1.807) is 0 Å². The number of aryl methyl sites for hydroxylation is 1. The molecule has 106 valence electrons. The maximum absolute atomic E-state index is 3.66. The molecule has 2 rings (SSSR count). The molecule has 19 heavy (non-hydrogen) atoms. The van der Waals surface area contributed by atoms with E-state index in [2.05, 4.69) is 72.0 Å². The van der Waals surface area contributed by atoms with Crippen LogP contribution in [0.25, 0.3) is 0 Å². The summed E-state index contributed by atoms with van der Waals surface area (Å²) in [5.74, 6) is 0. The van der Waals surface area contributed by atoms with E-state index >= 15 is 0 Å². The third kappa shape index (κ3) is 3.32. The maximum Gasteiger partial charge on any atom is 0.0413 e. The Hall–Kier alpha value is -0.540. The molecule has 2 nitrogen and oxygen atoms in total. The number of nitrogens with zero attached hydrogens (tertiary/aromatic N) is 1. The average Bonchev–Trinajstić information content (AvgIpc) is 2.37. The molecule has 0 saturated carbocycles. The summed E-state index contributed by atoms with van der Waals surface area (Å²) in [5.41, 5.74) is 3.03. The fourth-order valence-corrected chi connectivity index (χ4v) is 3.29. The van der Waals surface area contributed by atoms with Crippen molar-refractivity contribution < 1.29 is 0 Å². The Labute approximate surface area is 125 Å². The van der Waals surface area contributed by atoms with E-state index in [1.165, 1.54) is 22.1 Å². The second-order valence-electron chi connectivity index (χ2n) is 6.08. The van der Waals surface area contributed by atoms with Crippen molar-refractivity contribution in [3.05, 3.63) is 28.2 Å². The summed E-state index contributed by atoms with van der Waals surface area (Å²) in [7, 11) is 0. The van der Waals surface area contributed by atoms with Crippen LogP contribution >= 0.6 is 15.9 Å². The van der Waals surface area contributed by atoms with E-state index in [0.717, 1.165) is 19.5 Å². The highest BCUT2D eigenvalue weighted by molar-refractivity contribution is 9.10. The summed E-state index contributed by atoms with van der Waals surface area (Å²) in [5, 5.41) is 3.66. The molecule has 0 aliphatic carbocycles. The molecule has 0 aromatic heterocycles. The lowest BCUT2D eigenvalue weighted by molar-refractivity contribution is 0.306. The zero-order valence-electron chi connectivity index (χ0n) is 12.5. The number of halogens is 1. The fourth-order valence-electron chi connectivity index (χ4n) is 2.88. The SMILES string of the molecule is CCc1cc(Br)ccc1N1CC(C)(C)NCC1CC. The monoisotopic (exact) mass is 324 g/mol. The molecule has 1 aliphatic heterocycles. The van der Waals surface area contributed by atoms with Gasteiger partial charge in [0.05, 0.1) is 0 Å². The highest BCUT2D eigenvalue weighted by atomic mass is 79.9. The van der Waals surface area contributed by atoms with Gasteiger partial charge >= 0.3 is 0 Å². The van der Waals surface area contributed by atoms with Crippen LogP contribution in [0.15, 0.2) is 22.7 Å². The van der Waals surface area contributed by atoms with Gasteiger partial charge in [-0.3, -0.25) is 0 Å². The lowest BCUT2D eigenvalue weighted by Crippen LogP contribution is -2.61. The van der Waals surface area contributed by atoms with Crippen molar-refractivity contribution in [2.45, 2.75) is 52.1 Å². The molecular formula is C16H25BrN2. The van der Waals surface area contributed by atoms with E-state index in [4.69, 9.17) is 0 Å². The van der Waals surface area contributed by atoms with Gasteiger partial charge in [0.2, 0.25) is 0 Å². The lowest BCUT2D eigenvalue weighted by atomic mass is 9.95. The Bertz CT molecular complexity index is 442. The quantitative estimate of drug-likeness (QED) is 0.904. The number of benzene rings is 1. The van der Waals surface area contributed by atoms with E-state index in [-0.39, 0.29) is 5.54 Å². The van der Waals surface area contributed by atoms with Crippen molar-refractivity contribution in [3.8, 4) is 0 Å². The van der Waals surface area contributed by atoms with Gasteiger partial charge in [-0.1, -0.05) is 29.8 Å². The molecule has 1 N–H and O–H groups in total. The fraction of sp³-hybridized carbons (Fsp3) is 0.625. The normalized spacial score (nSPS) is 22.6. The van der Waals surface area contributed by atoms with Crippen molar-refractivity contribution in [3.63, 3.8) is 0 Å². The van der Waals surface area contributed by atoms with Gasteiger partial charge in [-0.25, -0.2) is 0 Å². The number of piperazine rings is 1. The number of rotatable bonds is 3. The number of hydrogen-bond acceptors (Lipinski definition) is 2. The van der Waals surface area contributed by atoms with Crippen molar-refractivity contribution in [2.24, 2.45) is 0 Å². The zero-order chi connectivity index (χ0) is 14.0. The summed E-state index contributed by atoms with van der Waals surface area (Å²) in [6.45, 7) is 11.2. The molecule has 0 bridgehead atoms. The van der Waals surface area contributed by atoms with Gasteiger partial charge in [0, 0.05) is 34.8 Å². The van der Waals surface area contributed by atoms with Crippen molar-refractivity contribution >= 4 is 21.6 Å². The highest BCUT2D eigenvalue weighted by Crippen LogP contribution is 2.30. The van der Waals surface area contributed by atoms with Crippen LogP contribution in [-0.4, -0.2) is 24.7 Å². The Morgan fingerprint density at radius 1 is 1.37 bits per heavy atom. The molecule has 1 atom stereocenters. The zero-order valence-corrected chi connectivity index (χ0v) is 14.0. The van der Waals surface area contributed by atoms with Gasteiger partial charge < -0.3 is 10.2 Å². The predicted molar refractivity (Wildman–Crippen MR) is 87.0 cm³/mol.